The van der Waals surface area contributed by atoms with Crippen LogP contribution in [0.25, 0.3) is 0 Å². The number of imide groups is 3. The zero-order valence-electron chi connectivity index (χ0n) is 18.7. The molecule has 3 rings (SSSR count). The zero-order valence-corrected chi connectivity index (χ0v) is 18.7. The molecule has 7 heteroatoms. The molecule has 7 nitrogen and oxygen atoms in total. The molecular weight excluding hydrogens is 422 g/mol. The zero-order chi connectivity index (χ0) is 23.7. The van der Waals surface area contributed by atoms with Crippen LogP contribution in [0, 0.1) is 0 Å². The van der Waals surface area contributed by atoms with Crippen LogP contribution in [-0.2, 0) is 14.3 Å². The number of aliphatic hydroxyl groups is 1. The highest BCUT2D eigenvalue weighted by Crippen LogP contribution is 2.30. The third-order valence-corrected chi connectivity index (χ3v) is 5.30. The summed E-state index contributed by atoms with van der Waals surface area (Å²) in [4.78, 5) is 40.2. The fraction of sp³-hybridized carbons (Fsp3) is 0.346. The SMILES string of the molecule is CC(O)CC=CCC1(CCC(=O)N(C(=O)c2ccccc2)C(=O)c2ccccc2)OCCO1. The Bertz CT molecular complexity index is 913. The van der Waals surface area contributed by atoms with Gasteiger partial charge in [0, 0.05) is 30.4 Å². The van der Waals surface area contributed by atoms with Crippen molar-refractivity contribution < 1.29 is 29.0 Å². The topological polar surface area (TPSA) is 93.1 Å². The third kappa shape index (κ3) is 6.68. The van der Waals surface area contributed by atoms with Crippen LogP contribution in [0.2, 0.25) is 0 Å². The van der Waals surface area contributed by atoms with E-state index in [1.54, 1.807) is 67.6 Å². The van der Waals surface area contributed by atoms with Crippen molar-refractivity contribution in [1.82, 2.24) is 4.90 Å². The van der Waals surface area contributed by atoms with Crippen molar-refractivity contribution in [1.29, 1.82) is 0 Å². The maximum atomic E-state index is 13.2. The smallest absolute Gasteiger partial charge is 0.267 e. The van der Waals surface area contributed by atoms with E-state index in [0.717, 1.165) is 0 Å². The molecule has 33 heavy (non-hydrogen) atoms. The second-order valence-corrected chi connectivity index (χ2v) is 7.94. The lowest BCUT2D eigenvalue weighted by molar-refractivity contribution is -0.163. The summed E-state index contributed by atoms with van der Waals surface area (Å²) in [5.74, 6) is -2.96. The average Bonchev–Trinajstić information content (AvgIpc) is 3.30. The lowest BCUT2D eigenvalue weighted by Crippen LogP contribution is -2.43. The van der Waals surface area contributed by atoms with E-state index in [-0.39, 0.29) is 24.0 Å². The molecule has 3 amide bonds. The van der Waals surface area contributed by atoms with Gasteiger partial charge in [-0.2, -0.15) is 0 Å². The van der Waals surface area contributed by atoms with E-state index in [0.29, 0.717) is 31.0 Å². The van der Waals surface area contributed by atoms with Gasteiger partial charge < -0.3 is 14.6 Å². The first-order valence-electron chi connectivity index (χ1n) is 11.0. The molecule has 1 saturated heterocycles. The minimum absolute atomic E-state index is 0.110. The molecule has 0 aliphatic carbocycles. The largest absolute Gasteiger partial charge is 0.393 e. The highest BCUT2D eigenvalue weighted by atomic mass is 16.7. The lowest BCUT2D eigenvalue weighted by Gasteiger charge is -2.27. The van der Waals surface area contributed by atoms with Crippen LogP contribution in [0.4, 0.5) is 0 Å². The number of amides is 3. The summed E-state index contributed by atoms with van der Waals surface area (Å²) in [6.07, 6.45) is 4.21. The molecule has 1 aliphatic heterocycles. The maximum absolute atomic E-state index is 13.2. The molecular formula is C26H29NO6. The molecule has 1 unspecified atom stereocenters. The molecule has 1 fully saturated rings. The van der Waals surface area contributed by atoms with Gasteiger partial charge >= 0.3 is 0 Å². The minimum Gasteiger partial charge on any atom is -0.393 e. The summed E-state index contributed by atoms with van der Waals surface area (Å²) >= 11 is 0. The van der Waals surface area contributed by atoms with Crippen molar-refractivity contribution >= 4 is 17.7 Å². The van der Waals surface area contributed by atoms with Gasteiger partial charge in [-0.1, -0.05) is 48.6 Å². The van der Waals surface area contributed by atoms with Gasteiger partial charge in [-0.05, 0) is 37.6 Å². The summed E-state index contributed by atoms with van der Waals surface area (Å²) < 4.78 is 11.6. The quantitative estimate of drug-likeness (QED) is 0.461. The summed E-state index contributed by atoms with van der Waals surface area (Å²) in [6.45, 7) is 2.49. The second-order valence-electron chi connectivity index (χ2n) is 7.94. The fourth-order valence-electron chi connectivity index (χ4n) is 3.56. The summed E-state index contributed by atoms with van der Waals surface area (Å²) in [7, 11) is 0. The number of carbonyl (C=O) groups excluding carboxylic acids is 3. The summed E-state index contributed by atoms with van der Waals surface area (Å²) in [6, 6.07) is 16.5. The number of rotatable bonds is 9. The van der Waals surface area contributed by atoms with E-state index in [2.05, 4.69) is 0 Å². The Hall–Kier alpha value is -3.13. The van der Waals surface area contributed by atoms with Crippen molar-refractivity contribution in [2.75, 3.05) is 13.2 Å². The summed E-state index contributed by atoms with van der Waals surface area (Å²) in [5, 5.41) is 9.41. The van der Waals surface area contributed by atoms with Gasteiger partial charge in [-0.3, -0.25) is 14.4 Å². The molecule has 0 radical (unpaired) electrons. The number of ether oxygens (including phenoxy) is 2. The molecule has 174 valence electrons. The Morgan fingerprint density at radius 2 is 1.45 bits per heavy atom. The van der Waals surface area contributed by atoms with Gasteiger partial charge in [0.05, 0.1) is 19.3 Å². The van der Waals surface area contributed by atoms with E-state index in [1.165, 1.54) is 0 Å². The van der Waals surface area contributed by atoms with Crippen molar-refractivity contribution in [3.05, 3.63) is 83.9 Å². The van der Waals surface area contributed by atoms with E-state index in [9.17, 15) is 19.5 Å². The number of aliphatic hydroxyl groups excluding tert-OH is 1. The lowest BCUT2D eigenvalue weighted by atomic mass is 10.0. The van der Waals surface area contributed by atoms with Crippen LogP contribution >= 0.6 is 0 Å². The molecule has 1 N–H and O–H groups in total. The van der Waals surface area contributed by atoms with Crippen LogP contribution in [-0.4, -0.2) is 52.8 Å². The van der Waals surface area contributed by atoms with Crippen molar-refractivity contribution in [3.63, 3.8) is 0 Å². The molecule has 1 heterocycles. The summed E-state index contributed by atoms with van der Waals surface area (Å²) in [5.41, 5.74) is 0.499. The van der Waals surface area contributed by atoms with Crippen LogP contribution in [0.3, 0.4) is 0 Å². The number of benzene rings is 2. The van der Waals surface area contributed by atoms with Crippen LogP contribution < -0.4 is 0 Å². The fourth-order valence-corrected chi connectivity index (χ4v) is 3.56. The van der Waals surface area contributed by atoms with E-state index in [4.69, 9.17) is 9.47 Å². The third-order valence-electron chi connectivity index (χ3n) is 5.30. The number of nitrogens with zero attached hydrogens (tertiary/aromatic N) is 1. The van der Waals surface area contributed by atoms with Gasteiger partial charge in [0.15, 0.2) is 5.79 Å². The number of carbonyl (C=O) groups is 3. The molecule has 0 bridgehead atoms. The average molecular weight is 452 g/mol. The van der Waals surface area contributed by atoms with Crippen LogP contribution in [0.5, 0.6) is 0 Å². The Morgan fingerprint density at radius 1 is 0.939 bits per heavy atom. The molecule has 0 spiro atoms. The monoisotopic (exact) mass is 451 g/mol. The Morgan fingerprint density at radius 3 is 1.94 bits per heavy atom. The van der Waals surface area contributed by atoms with E-state index in [1.807, 2.05) is 12.2 Å². The number of hydrogen-bond acceptors (Lipinski definition) is 6. The Kier molecular flexibility index (Phi) is 8.65. The van der Waals surface area contributed by atoms with E-state index >= 15 is 0 Å². The van der Waals surface area contributed by atoms with Crippen LogP contribution in [0.1, 0.15) is 53.3 Å². The van der Waals surface area contributed by atoms with Gasteiger partial charge in [0.2, 0.25) is 5.91 Å². The highest BCUT2D eigenvalue weighted by Gasteiger charge is 2.38. The first kappa shape index (κ1) is 24.5. The van der Waals surface area contributed by atoms with Gasteiger partial charge in [-0.25, -0.2) is 4.90 Å². The Labute approximate surface area is 193 Å². The second kappa shape index (κ2) is 11.7. The van der Waals surface area contributed by atoms with Crippen LogP contribution in [0.15, 0.2) is 72.8 Å². The van der Waals surface area contributed by atoms with Crippen molar-refractivity contribution in [3.8, 4) is 0 Å². The molecule has 0 aromatic heterocycles. The van der Waals surface area contributed by atoms with Gasteiger partial charge in [-0.15, -0.1) is 0 Å². The first-order chi connectivity index (χ1) is 15.9. The number of hydrogen-bond donors (Lipinski definition) is 1. The predicted octanol–water partition coefficient (Wildman–Crippen LogP) is 3.74. The predicted molar refractivity (Wildman–Crippen MR) is 122 cm³/mol. The van der Waals surface area contributed by atoms with Gasteiger partial charge in [0.25, 0.3) is 11.8 Å². The highest BCUT2D eigenvalue weighted by molar-refractivity contribution is 6.20. The first-order valence-corrected chi connectivity index (χ1v) is 11.0. The Balaban J connectivity index is 1.77. The normalized spacial score (nSPS) is 15.9. The molecule has 2 aromatic carbocycles. The molecule has 2 aromatic rings. The molecule has 0 saturated carbocycles. The van der Waals surface area contributed by atoms with Crippen molar-refractivity contribution in [2.24, 2.45) is 0 Å². The molecule has 1 aliphatic rings. The standard InChI is InChI=1S/C26H29NO6/c1-20(28)10-8-9-16-26(32-18-19-33-26)17-15-23(29)27(24(30)21-11-4-2-5-12-21)25(31)22-13-6-3-7-14-22/h2-9,11-14,20,28H,10,15-19H2,1H3. The minimum atomic E-state index is -0.998. The van der Waals surface area contributed by atoms with E-state index < -0.39 is 29.6 Å². The van der Waals surface area contributed by atoms with Gasteiger partial charge in [0.1, 0.15) is 0 Å². The molecule has 1 atom stereocenters. The maximum Gasteiger partial charge on any atom is 0.267 e. The van der Waals surface area contributed by atoms with Crippen molar-refractivity contribution in [2.45, 2.75) is 44.5 Å².